The van der Waals surface area contributed by atoms with E-state index in [0.717, 1.165) is 11.3 Å². The van der Waals surface area contributed by atoms with Crippen LogP contribution < -0.4 is 4.74 Å². The molecule has 126 valence electrons. The topological polar surface area (TPSA) is 38.7 Å². The number of aliphatic hydroxyl groups excluding tert-OH is 1. The molecule has 0 heterocycles. The molecule has 3 nitrogen and oxygen atoms in total. The van der Waals surface area contributed by atoms with Gasteiger partial charge in [-0.05, 0) is 34.9 Å². The van der Waals surface area contributed by atoms with E-state index in [4.69, 9.17) is 14.6 Å². The van der Waals surface area contributed by atoms with Crippen molar-refractivity contribution in [3.8, 4) is 5.75 Å². The van der Waals surface area contributed by atoms with Gasteiger partial charge >= 0.3 is 0 Å². The number of methoxy groups -OCH3 is 1. The van der Waals surface area contributed by atoms with Crippen molar-refractivity contribution in [2.24, 2.45) is 0 Å². The molecule has 1 rings (SSSR count). The second kappa shape index (κ2) is 7.47. The van der Waals surface area contributed by atoms with E-state index in [0.29, 0.717) is 19.6 Å². The van der Waals surface area contributed by atoms with E-state index in [2.05, 4.69) is 53.7 Å². The minimum Gasteiger partial charge on any atom is -0.496 e. The maximum atomic E-state index is 8.84. The zero-order valence-electron chi connectivity index (χ0n) is 15.2. The summed E-state index contributed by atoms with van der Waals surface area (Å²) in [6.45, 7) is 14.5. The van der Waals surface area contributed by atoms with Gasteiger partial charge in [-0.3, -0.25) is 0 Å². The number of ether oxygens (including phenoxy) is 2. The molecule has 0 aliphatic rings. The fourth-order valence-electron chi connectivity index (χ4n) is 2.46. The SMILES string of the molecule is COc1c(C(C)(C)C)cc(COCCCO)cc1C(C)(C)C. The predicted molar refractivity (Wildman–Crippen MR) is 91.8 cm³/mol. The zero-order valence-corrected chi connectivity index (χ0v) is 15.2. The van der Waals surface area contributed by atoms with Gasteiger partial charge in [-0.15, -0.1) is 0 Å². The first-order valence-electron chi connectivity index (χ1n) is 8.01. The van der Waals surface area contributed by atoms with Crippen LogP contribution in [0.3, 0.4) is 0 Å². The third-order valence-corrected chi connectivity index (χ3v) is 3.68. The van der Waals surface area contributed by atoms with E-state index < -0.39 is 0 Å². The first kappa shape index (κ1) is 19.0. The van der Waals surface area contributed by atoms with Crippen LogP contribution in [-0.2, 0) is 22.2 Å². The van der Waals surface area contributed by atoms with Crippen LogP contribution in [-0.4, -0.2) is 25.4 Å². The minimum absolute atomic E-state index is 0.00640. The second-order valence-electron chi connectivity index (χ2n) is 7.85. The molecule has 3 heteroatoms. The van der Waals surface area contributed by atoms with Gasteiger partial charge in [0.2, 0.25) is 0 Å². The van der Waals surface area contributed by atoms with E-state index in [9.17, 15) is 0 Å². The minimum atomic E-state index is 0.00640. The third kappa shape index (κ3) is 4.99. The summed E-state index contributed by atoms with van der Waals surface area (Å²) in [6.07, 6.45) is 0.675. The van der Waals surface area contributed by atoms with Crippen LogP contribution >= 0.6 is 0 Å². The Morgan fingerprint density at radius 3 is 1.82 bits per heavy atom. The zero-order chi connectivity index (χ0) is 17.0. The number of benzene rings is 1. The van der Waals surface area contributed by atoms with Crippen molar-refractivity contribution in [1.82, 2.24) is 0 Å². The smallest absolute Gasteiger partial charge is 0.126 e. The van der Waals surface area contributed by atoms with Crippen molar-refractivity contribution in [2.45, 2.75) is 65.4 Å². The van der Waals surface area contributed by atoms with E-state index >= 15 is 0 Å². The molecule has 0 saturated carbocycles. The molecule has 0 spiro atoms. The Hall–Kier alpha value is -1.06. The van der Waals surface area contributed by atoms with Gasteiger partial charge in [0.15, 0.2) is 0 Å². The molecular formula is C19H32O3. The summed E-state index contributed by atoms with van der Waals surface area (Å²) >= 11 is 0. The molecule has 1 N–H and O–H groups in total. The summed E-state index contributed by atoms with van der Waals surface area (Å²) in [5.74, 6) is 0.985. The first-order valence-corrected chi connectivity index (χ1v) is 8.01. The fourth-order valence-corrected chi connectivity index (χ4v) is 2.46. The van der Waals surface area contributed by atoms with E-state index in [-0.39, 0.29) is 17.4 Å². The van der Waals surface area contributed by atoms with Crippen molar-refractivity contribution in [3.05, 3.63) is 28.8 Å². The number of hydrogen-bond acceptors (Lipinski definition) is 3. The van der Waals surface area contributed by atoms with Crippen LogP contribution in [0, 0.1) is 0 Å². The van der Waals surface area contributed by atoms with Gasteiger partial charge in [0.1, 0.15) is 5.75 Å². The molecule has 0 radical (unpaired) electrons. The van der Waals surface area contributed by atoms with E-state index in [1.165, 1.54) is 11.1 Å². The molecule has 1 aromatic carbocycles. The van der Waals surface area contributed by atoms with Gasteiger partial charge < -0.3 is 14.6 Å². The average Bonchev–Trinajstić information content (AvgIpc) is 2.40. The van der Waals surface area contributed by atoms with Gasteiger partial charge in [0.05, 0.1) is 13.7 Å². The lowest BCUT2D eigenvalue weighted by molar-refractivity contribution is 0.104. The standard InChI is InChI=1S/C19H32O3/c1-18(2,3)15-11-14(13-22-10-8-9-20)12-16(17(15)21-7)19(4,5)6/h11-12,20H,8-10,13H2,1-7H3. The lowest BCUT2D eigenvalue weighted by atomic mass is 9.78. The summed E-state index contributed by atoms with van der Waals surface area (Å²) in [7, 11) is 1.75. The molecule has 0 aliphatic carbocycles. The highest BCUT2D eigenvalue weighted by atomic mass is 16.5. The fraction of sp³-hybridized carbons (Fsp3) is 0.684. The van der Waals surface area contributed by atoms with Crippen LogP contribution in [0.5, 0.6) is 5.75 Å². The largest absolute Gasteiger partial charge is 0.496 e. The van der Waals surface area contributed by atoms with Gasteiger partial charge in [0.25, 0.3) is 0 Å². The summed E-state index contributed by atoms with van der Waals surface area (Å²) in [5, 5.41) is 8.84. The maximum Gasteiger partial charge on any atom is 0.126 e. The van der Waals surface area contributed by atoms with Crippen molar-refractivity contribution < 1.29 is 14.6 Å². The van der Waals surface area contributed by atoms with E-state index in [1.54, 1.807) is 7.11 Å². The highest BCUT2D eigenvalue weighted by molar-refractivity contribution is 5.50. The van der Waals surface area contributed by atoms with Crippen LogP contribution in [0.4, 0.5) is 0 Å². The summed E-state index contributed by atoms with van der Waals surface area (Å²) in [5.41, 5.74) is 3.60. The molecule has 0 fully saturated rings. The van der Waals surface area contributed by atoms with Crippen molar-refractivity contribution in [1.29, 1.82) is 0 Å². The second-order valence-corrected chi connectivity index (χ2v) is 7.85. The molecule has 0 aromatic heterocycles. The molecule has 1 aromatic rings. The van der Waals surface area contributed by atoms with Gasteiger partial charge in [-0.25, -0.2) is 0 Å². The monoisotopic (exact) mass is 308 g/mol. The quantitative estimate of drug-likeness (QED) is 0.801. The van der Waals surface area contributed by atoms with Crippen molar-refractivity contribution in [2.75, 3.05) is 20.3 Å². The van der Waals surface area contributed by atoms with Gasteiger partial charge in [-0.1, -0.05) is 41.5 Å². The lowest BCUT2D eigenvalue weighted by Crippen LogP contribution is -2.20. The summed E-state index contributed by atoms with van der Waals surface area (Å²) < 4.78 is 11.4. The van der Waals surface area contributed by atoms with Crippen LogP contribution in [0.25, 0.3) is 0 Å². The maximum absolute atomic E-state index is 8.84. The molecule has 0 bridgehead atoms. The Morgan fingerprint density at radius 2 is 1.45 bits per heavy atom. The molecule has 0 amide bonds. The van der Waals surface area contributed by atoms with Crippen molar-refractivity contribution in [3.63, 3.8) is 0 Å². The van der Waals surface area contributed by atoms with Crippen LogP contribution in [0.2, 0.25) is 0 Å². The van der Waals surface area contributed by atoms with Crippen LogP contribution in [0.1, 0.15) is 64.7 Å². The number of hydrogen-bond donors (Lipinski definition) is 1. The Kier molecular flexibility index (Phi) is 6.45. The Balaban J connectivity index is 3.25. The summed E-state index contributed by atoms with van der Waals surface area (Å²) in [6, 6.07) is 4.38. The number of aliphatic hydroxyl groups is 1. The van der Waals surface area contributed by atoms with Crippen molar-refractivity contribution >= 4 is 0 Å². The Bertz CT molecular complexity index is 443. The molecule has 0 atom stereocenters. The normalized spacial score (nSPS) is 12.5. The molecule has 0 saturated heterocycles. The third-order valence-electron chi connectivity index (χ3n) is 3.68. The van der Waals surface area contributed by atoms with Gasteiger partial charge in [-0.2, -0.15) is 0 Å². The summed E-state index contributed by atoms with van der Waals surface area (Å²) in [4.78, 5) is 0. The predicted octanol–water partition coefficient (Wildman–Crippen LogP) is 4.19. The Morgan fingerprint density at radius 1 is 0.955 bits per heavy atom. The van der Waals surface area contributed by atoms with E-state index in [1.807, 2.05) is 0 Å². The molecule has 22 heavy (non-hydrogen) atoms. The number of rotatable bonds is 6. The molecule has 0 unspecified atom stereocenters. The van der Waals surface area contributed by atoms with Gasteiger partial charge in [0, 0.05) is 24.3 Å². The Labute approximate surface area is 135 Å². The van der Waals surface area contributed by atoms with Crippen LogP contribution in [0.15, 0.2) is 12.1 Å². The average molecular weight is 308 g/mol. The first-order chi connectivity index (χ1) is 10.1. The molecule has 0 aliphatic heterocycles. The highest BCUT2D eigenvalue weighted by Gasteiger charge is 2.27. The highest BCUT2D eigenvalue weighted by Crippen LogP contribution is 2.40. The molecular weight excluding hydrogens is 276 g/mol. The lowest BCUT2D eigenvalue weighted by Gasteiger charge is -2.30.